The molecule has 1 spiro atoms. The van der Waals surface area contributed by atoms with Crippen molar-refractivity contribution in [3.63, 3.8) is 0 Å². The zero-order chi connectivity index (χ0) is 38.9. The van der Waals surface area contributed by atoms with Gasteiger partial charge in [-0.1, -0.05) is 206 Å². The molecular formula is C56H35N3. The van der Waals surface area contributed by atoms with Crippen molar-refractivity contribution in [3.8, 4) is 78.7 Å². The highest BCUT2D eigenvalue weighted by atomic mass is 15.0. The van der Waals surface area contributed by atoms with Crippen molar-refractivity contribution in [1.82, 2.24) is 15.0 Å². The van der Waals surface area contributed by atoms with Crippen molar-refractivity contribution in [3.05, 3.63) is 235 Å². The van der Waals surface area contributed by atoms with Crippen LogP contribution < -0.4 is 0 Å². The summed E-state index contributed by atoms with van der Waals surface area (Å²) in [5.41, 5.74) is 17.7. The maximum absolute atomic E-state index is 5.21. The van der Waals surface area contributed by atoms with Crippen LogP contribution in [0.1, 0.15) is 22.3 Å². The first-order chi connectivity index (χ1) is 29.3. The van der Waals surface area contributed by atoms with Crippen molar-refractivity contribution < 1.29 is 0 Å². The van der Waals surface area contributed by atoms with Crippen molar-refractivity contribution in [1.29, 1.82) is 0 Å². The van der Waals surface area contributed by atoms with Gasteiger partial charge in [-0.2, -0.15) is 0 Å². The molecule has 0 fully saturated rings. The van der Waals surface area contributed by atoms with Gasteiger partial charge in [-0.05, 0) is 83.6 Å². The number of benzene rings is 9. The molecule has 10 aromatic rings. The van der Waals surface area contributed by atoms with Crippen molar-refractivity contribution in [2.24, 2.45) is 0 Å². The molecule has 3 nitrogen and oxygen atoms in total. The van der Waals surface area contributed by atoms with Gasteiger partial charge >= 0.3 is 0 Å². The first kappa shape index (κ1) is 33.4. The van der Waals surface area contributed by atoms with E-state index < -0.39 is 5.41 Å². The van der Waals surface area contributed by atoms with Crippen molar-refractivity contribution in [2.75, 3.05) is 0 Å². The topological polar surface area (TPSA) is 38.7 Å². The molecule has 0 radical (unpaired) electrons. The van der Waals surface area contributed by atoms with E-state index in [2.05, 4.69) is 188 Å². The molecule has 0 atom stereocenters. The summed E-state index contributed by atoms with van der Waals surface area (Å²) in [6.45, 7) is 0. The Morgan fingerprint density at radius 3 is 1.29 bits per heavy atom. The molecule has 274 valence electrons. The van der Waals surface area contributed by atoms with Crippen molar-refractivity contribution in [2.45, 2.75) is 5.41 Å². The monoisotopic (exact) mass is 749 g/mol. The first-order valence-corrected chi connectivity index (χ1v) is 20.2. The molecular weight excluding hydrogens is 715 g/mol. The summed E-state index contributed by atoms with van der Waals surface area (Å²) in [5, 5.41) is 2.25. The molecule has 0 amide bonds. The number of rotatable bonds is 5. The van der Waals surface area contributed by atoms with E-state index in [1.54, 1.807) is 0 Å². The van der Waals surface area contributed by atoms with E-state index in [1.165, 1.54) is 61.2 Å². The minimum atomic E-state index is -0.403. The molecule has 0 unspecified atom stereocenters. The maximum atomic E-state index is 5.21. The van der Waals surface area contributed by atoms with E-state index in [1.807, 2.05) is 24.3 Å². The predicted molar refractivity (Wildman–Crippen MR) is 241 cm³/mol. The molecule has 2 aliphatic rings. The average Bonchev–Trinajstić information content (AvgIpc) is 3.79. The summed E-state index contributed by atoms with van der Waals surface area (Å²) in [4.78, 5) is 15.4. The Morgan fingerprint density at radius 1 is 0.237 bits per heavy atom. The molecule has 1 heterocycles. The molecule has 0 saturated heterocycles. The second-order valence-corrected chi connectivity index (χ2v) is 15.4. The molecule has 59 heavy (non-hydrogen) atoms. The van der Waals surface area contributed by atoms with Gasteiger partial charge in [0.2, 0.25) is 0 Å². The number of hydrogen-bond donors (Lipinski definition) is 0. The van der Waals surface area contributed by atoms with E-state index in [0.717, 1.165) is 33.0 Å². The third kappa shape index (κ3) is 4.98. The van der Waals surface area contributed by atoms with E-state index >= 15 is 0 Å². The van der Waals surface area contributed by atoms with Gasteiger partial charge in [-0.25, -0.2) is 15.0 Å². The minimum Gasteiger partial charge on any atom is -0.208 e. The molecule has 0 bridgehead atoms. The summed E-state index contributed by atoms with van der Waals surface area (Å²) in [7, 11) is 0. The molecule has 0 saturated carbocycles. The Hall–Kier alpha value is -7.75. The van der Waals surface area contributed by atoms with E-state index in [9.17, 15) is 0 Å². The average molecular weight is 750 g/mol. The van der Waals surface area contributed by atoms with Gasteiger partial charge in [0.1, 0.15) is 0 Å². The number of fused-ring (bicyclic) bond motifs is 11. The first-order valence-electron chi connectivity index (χ1n) is 20.2. The third-order valence-corrected chi connectivity index (χ3v) is 12.4. The largest absolute Gasteiger partial charge is 0.208 e. The van der Waals surface area contributed by atoms with Gasteiger partial charge in [-0.3, -0.25) is 0 Å². The summed E-state index contributed by atoms with van der Waals surface area (Å²) in [5.74, 6) is 1.93. The van der Waals surface area contributed by atoms with Crippen LogP contribution in [0, 0.1) is 0 Å². The van der Waals surface area contributed by atoms with Gasteiger partial charge in [0.05, 0.1) is 5.41 Å². The third-order valence-electron chi connectivity index (χ3n) is 12.4. The normalized spacial score (nSPS) is 12.9. The van der Waals surface area contributed by atoms with Crippen LogP contribution in [0.3, 0.4) is 0 Å². The zero-order valence-corrected chi connectivity index (χ0v) is 32.0. The standard InChI is InChI=1S/C56H35N3/c1-3-16-36(17-4-1)37-30-32-39(33-31-37)54-57-53(38-18-5-2-6-19-38)58-55(59-54)46-35-34-42(40-20-7-8-21-41(40)46)45-25-15-29-51-52(45)47-24-11-14-28-50(47)56(51)48-26-12-9-22-43(48)44-23-10-13-27-49(44)56/h1-35H. The molecule has 9 aromatic carbocycles. The summed E-state index contributed by atoms with van der Waals surface area (Å²) < 4.78 is 0. The lowest BCUT2D eigenvalue weighted by molar-refractivity contribution is 0.794. The van der Waals surface area contributed by atoms with Crippen LogP contribution in [0.5, 0.6) is 0 Å². The Kier molecular flexibility index (Phi) is 7.45. The Labute approximate surface area is 343 Å². The van der Waals surface area contributed by atoms with Gasteiger partial charge in [0, 0.05) is 16.7 Å². The smallest absolute Gasteiger partial charge is 0.164 e. The van der Waals surface area contributed by atoms with Crippen LogP contribution in [-0.2, 0) is 5.41 Å². The quantitative estimate of drug-likeness (QED) is 0.176. The van der Waals surface area contributed by atoms with Crippen LogP contribution in [0.4, 0.5) is 0 Å². The fourth-order valence-corrected chi connectivity index (χ4v) is 9.88. The lowest BCUT2D eigenvalue weighted by atomic mass is 9.70. The zero-order valence-electron chi connectivity index (χ0n) is 32.0. The van der Waals surface area contributed by atoms with Crippen molar-refractivity contribution >= 4 is 10.8 Å². The molecule has 1 aromatic heterocycles. The summed E-state index contributed by atoms with van der Waals surface area (Å²) in [6.07, 6.45) is 0. The lowest BCUT2D eigenvalue weighted by Gasteiger charge is -2.30. The van der Waals surface area contributed by atoms with E-state index in [-0.39, 0.29) is 0 Å². The lowest BCUT2D eigenvalue weighted by Crippen LogP contribution is -2.25. The van der Waals surface area contributed by atoms with Gasteiger partial charge < -0.3 is 0 Å². The highest BCUT2D eigenvalue weighted by Gasteiger charge is 2.52. The Morgan fingerprint density at radius 2 is 0.644 bits per heavy atom. The van der Waals surface area contributed by atoms with Crippen LogP contribution in [0.2, 0.25) is 0 Å². The minimum absolute atomic E-state index is 0.403. The SMILES string of the molecule is c1ccc(-c2ccc(-c3nc(-c4ccccc4)nc(-c4ccc(-c5cccc6c5-c5ccccc5C65c6ccccc6-c6ccccc65)c5ccccc45)n3)cc2)cc1. The fourth-order valence-electron chi connectivity index (χ4n) is 9.88. The maximum Gasteiger partial charge on any atom is 0.164 e. The highest BCUT2D eigenvalue weighted by molar-refractivity contribution is 6.08. The molecule has 12 rings (SSSR count). The second kappa shape index (κ2) is 13.2. The van der Waals surface area contributed by atoms with Gasteiger partial charge in [-0.15, -0.1) is 0 Å². The van der Waals surface area contributed by atoms with E-state index in [4.69, 9.17) is 15.0 Å². The molecule has 0 N–H and O–H groups in total. The Bertz CT molecular complexity index is 3210. The number of hydrogen-bond acceptors (Lipinski definition) is 3. The molecule has 2 aliphatic carbocycles. The van der Waals surface area contributed by atoms with Gasteiger partial charge in [0.15, 0.2) is 17.5 Å². The van der Waals surface area contributed by atoms with Crippen LogP contribution in [0.15, 0.2) is 212 Å². The predicted octanol–water partition coefficient (Wildman–Crippen LogP) is 13.7. The molecule has 0 aliphatic heterocycles. The van der Waals surface area contributed by atoms with E-state index in [0.29, 0.717) is 17.5 Å². The summed E-state index contributed by atoms with van der Waals surface area (Å²) in [6, 6.07) is 76.2. The van der Waals surface area contributed by atoms with Crippen LogP contribution in [0.25, 0.3) is 89.4 Å². The number of nitrogens with zero attached hydrogens (tertiary/aromatic N) is 3. The Balaban J connectivity index is 1.05. The number of aromatic nitrogens is 3. The summed E-state index contributed by atoms with van der Waals surface area (Å²) >= 11 is 0. The van der Waals surface area contributed by atoms with Crippen LogP contribution >= 0.6 is 0 Å². The highest BCUT2D eigenvalue weighted by Crippen LogP contribution is 2.64. The fraction of sp³-hybridized carbons (Fsp3) is 0.0179. The van der Waals surface area contributed by atoms with Crippen LogP contribution in [-0.4, -0.2) is 15.0 Å². The second-order valence-electron chi connectivity index (χ2n) is 15.4. The van der Waals surface area contributed by atoms with Gasteiger partial charge in [0.25, 0.3) is 0 Å². The molecule has 3 heteroatoms.